The van der Waals surface area contributed by atoms with E-state index in [1.165, 1.54) is 12.1 Å². The first-order valence-electron chi connectivity index (χ1n) is 7.19. The quantitative estimate of drug-likeness (QED) is 0.840. The van der Waals surface area contributed by atoms with Crippen molar-refractivity contribution in [2.45, 2.75) is 25.3 Å². The highest BCUT2D eigenvalue weighted by atomic mass is 32.2. The van der Waals surface area contributed by atoms with Crippen molar-refractivity contribution in [1.82, 2.24) is 4.90 Å². The van der Waals surface area contributed by atoms with Gasteiger partial charge in [0.15, 0.2) is 9.84 Å². The first-order chi connectivity index (χ1) is 10.5. The average Bonchev–Trinajstić information content (AvgIpc) is 2.33. The van der Waals surface area contributed by atoms with Crippen molar-refractivity contribution in [3.8, 4) is 0 Å². The largest absolute Gasteiger partial charge is 0.417 e. The summed E-state index contributed by atoms with van der Waals surface area (Å²) in [5.74, 6) is -0.802. The number of likely N-dealkylation sites (tertiary alicyclic amines) is 1. The molecule has 0 saturated carbocycles. The van der Waals surface area contributed by atoms with Crippen molar-refractivity contribution < 1.29 is 26.4 Å². The lowest BCUT2D eigenvalue weighted by Gasteiger charge is -2.39. The van der Waals surface area contributed by atoms with Crippen LogP contribution in [0.25, 0.3) is 0 Å². The SMILES string of the molecule is CC(C)CS(=O)(=O)C1CN(C(=O)c2ccccc2C(F)(F)F)C1. The van der Waals surface area contributed by atoms with E-state index in [9.17, 15) is 26.4 Å². The Hall–Kier alpha value is -1.57. The van der Waals surface area contributed by atoms with Gasteiger partial charge in [-0.05, 0) is 18.1 Å². The molecule has 1 aliphatic rings. The number of amides is 1. The van der Waals surface area contributed by atoms with Crippen molar-refractivity contribution in [2.75, 3.05) is 18.8 Å². The number of halogens is 3. The highest BCUT2D eigenvalue weighted by Gasteiger charge is 2.42. The van der Waals surface area contributed by atoms with E-state index in [2.05, 4.69) is 0 Å². The topological polar surface area (TPSA) is 54.5 Å². The van der Waals surface area contributed by atoms with E-state index in [1.807, 2.05) is 0 Å². The second kappa shape index (κ2) is 6.14. The van der Waals surface area contributed by atoms with Crippen LogP contribution in [0.5, 0.6) is 0 Å². The summed E-state index contributed by atoms with van der Waals surface area (Å²) >= 11 is 0. The molecule has 0 bridgehead atoms. The minimum Gasteiger partial charge on any atom is -0.336 e. The first-order valence-corrected chi connectivity index (χ1v) is 8.91. The second-order valence-corrected chi connectivity index (χ2v) is 8.42. The molecule has 1 aromatic rings. The highest BCUT2D eigenvalue weighted by molar-refractivity contribution is 7.92. The van der Waals surface area contributed by atoms with Gasteiger partial charge in [0.25, 0.3) is 5.91 Å². The van der Waals surface area contributed by atoms with Gasteiger partial charge < -0.3 is 4.90 Å². The molecular formula is C15H18F3NO3S. The van der Waals surface area contributed by atoms with E-state index >= 15 is 0 Å². The fraction of sp³-hybridized carbons (Fsp3) is 0.533. The Morgan fingerprint density at radius 3 is 2.35 bits per heavy atom. The van der Waals surface area contributed by atoms with E-state index in [1.54, 1.807) is 13.8 Å². The molecule has 0 atom stereocenters. The number of nitrogens with zero attached hydrogens (tertiary/aromatic N) is 1. The molecule has 0 spiro atoms. The normalized spacial score (nSPS) is 16.5. The van der Waals surface area contributed by atoms with Crippen LogP contribution in [0.4, 0.5) is 13.2 Å². The molecule has 1 fully saturated rings. The van der Waals surface area contributed by atoms with Gasteiger partial charge in [-0.25, -0.2) is 8.42 Å². The van der Waals surface area contributed by atoms with Crippen LogP contribution in [0, 0.1) is 5.92 Å². The molecule has 0 unspecified atom stereocenters. The van der Waals surface area contributed by atoms with Gasteiger partial charge in [0, 0.05) is 13.1 Å². The van der Waals surface area contributed by atoms with Gasteiger partial charge in [-0.15, -0.1) is 0 Å². The number of carbonyl (C=O) groups excluding carboxylic acids is 1. The van der Waals surface area contributed by atoms with Gasteiger partial charge in [0.05, 0.1) is 22.1 Å². The highest BCUT2D eigenvalue weighted by Crippen LogP contribution is 2.33. The van der Waals surface area contributed by atoms with Crippen LogP contribution >= 0.6 is 0 Å². The number of carbonyl (C=O) groups is 1. The number of hydrogen-bond acceptors (Lipinski definition) is 3. The fourth-order valence-corrected chi connectivity index (χ4v) is 4.53. The molecule has 128 valence electrons. The lowest BCUT2D eigenvalue weighted by molar-refractivity contribution is -0.138. The minimum absolute atomic E-state index is 0.0127. The Kier molecular flexibility index (Phi) is 4.75. The van der Waals surface area contributed by atoms with Gasteiger partial charge in [-0.1, -0.05) is 26.0 Å². The maximum absolute atomic E-state index is 12.9. The molecule has 1 heterocycles. The van der Waals surface area contributed by atoms with Crippen LogP contribution in [0.3, 0.4) is 0 Å². The standard InChI is InChI=1S/C15H18F3NO3S/c1-10(2)9-23(21,22)11-7-19(8-11)14(20)12-5-3-4-6-13(12)15(16,17)18/h3-6,10-11H,7-9H2,1-2H3. The number of sulfone groups is 1. The van der Waals surface area contributed by atoms with Gasteiger partial charge in [-0.2, -0.15) is 13.2 Å². The van der Waals surface area contributed by atoms with Gasteiger partial charge >= 0.3 is 6.18 Å². The monoisotopic (exact) mass is 349 g/mol. The van der Waals surface area contributed by atoms with E-state index in [-0.39, 0.29) is 24.8 Å². The smallest absolute Gasteiger partial charge is 0.336 e. The molecule has 0 aliphatic carbocycles. The predicted octanol–water partition coefficient (Wildman–Crippen LogP) is 2.60. The third-order valence-electron chi connectivity index (χ3n) is 3.67. The molecule has 0 N–H and O–H groups in total. The van der Waals surface area contributed by atoms with Gasteiger partial charge in [0.2, 0.25) is 0 Å². The van der Waals surface area contributed by atoms with Crippen LogP contribution in [0.1, 0.15) is 29.8 Å². The fourth-order valence-electron chi connectivity index (χ4n) is 2.52. The second-order valence-electron chi connectivity index (χ2n) is 6.10. The number of alkyl halides is 3. The van der Waals surface area contributed by atoms with Crippen LogP contribution in [-0.2, 0) is 16.0 Å². The summed E-state index contributed by atoms with van der Waals surface area (Å²) in [4.78, 5) is 13.4. The third-order valence-corrected chi connectivity index (χ3v) is 6.12. The number of rotatable bonds is 4. The molecule has 1 saturated heterocycles. The molecular weight excluding hydrogens is 331 g/mol. The Morgan fingerprint density at radius 1 is 1.26 bits per heavy atom. The van der Waals surface area contributed by atoms with Crippen molar-refractivity contribution in [2.24, 2.45) is 5.92 Å². The predicted molar refractivity (Wildman–Crippen MR) is 79.8 cm³/mol. The lowest BCUT2D eigenvalue weighted by atomic mass is 10.0. The van der Waals surface area contributed by atoms with Crippen molar-refractivity contribution in [3.63, 3.8) is 0 Å². The molecule has 23 heavy (non-hydrogen) atoms. The molecule has 0 aromatic heterocycles. The molecule has 8 heteroatoms. The van der Waals surface area contributed by atoms with Crippen LogP contribution in [-0.4, -0.2) is 43.3 Å². The summed E-state index contributed by atoms with van der Waals surface area (Å²) in [6, 6.07) is 4.53. The summed E-state index contributed by atoms with van der Waals surface area (Å²) in [5, 5.41) is -0.688. The average molecular weight is 349 g/mol. The van der Waals surface area contributed by atoms with E-state index in [4.69, 9.17) is 0 Å². The van der Waals surface area contributed by atoms with E-state index in [0.29, 0.717) is 0 Å². The Morgan fingerprint density at radius 2 is 1.83 bits per heavy atom. The zero-order valence-electron chi connectivity index (χ0n) is 12.8. The van der Waals surface area contributed by atoms with E-state index in [0.717, 1.165) is 17.0 Å². The maximum atomic E-state index is 12.9. The minimum atomic E-state index is -4.62. The summed E-state index contributed by atoms with van der Waals surface area (Å²) in [7, 11) is -3.33. The van der Waals surface area contributed by atoms with Crippen LogP contribution in [0.2, 0.25) is 0 Å². The Bertz CT molecular complexity index is 692. The molecule has 1 aliphatic heterocycles. The summed E-state index contributed by atoms with van der Waals surface area (Å²) < 4.78 is 62.9. The van der Waals surface area contributed by atoms with Crippen molar-refractivity contribution in [3.05, 3.63) is 35.4 Å². The first kappa shape index (κ1) is 17.8. The molecule has 1 aromatic carbocycles. The summed E-state index contributed by atoms with van der Waals surface area (Å²) in [6.45, 7) is 3.44. The Balaban J connectivity index is 2.12. The summed E-state index contributed by atoms with van der Waals surface area (Å²) in [5.41, 5.74) is -1.45. The molecule has 1 amide bonds. The summed E-state index contributed by atoms with van der Waals surface area (Å²) in [6.07, 6.45) is -4.62. The van der Waals surface area contributed by atoms with Crippen LogP contribution in [0.15, 0.2) is 24.3 Å². The zero-order valence-corrected chi connectivity index (χ0v) is 13.6. The number of hydrogen-bond donors (Lipinski definition) is 0. The Labute approximate surface area is 133 Å². The lowest BCUT2D eigenvalue weighted by Crippen LogP contribution is -2.57. The zero-order chi connectivity index (χ0) is 17.4. The number of benzene rings is 1. The van der Waals surface area contributed by atoms with Gasteiger partial charge in [0.1, 0.15) is 0 Å². The van der Waals surface area contributed by atoms with Crippen LogP contribution < -0.4 is 0 Å². The molecule has 0 radical (unpaired) electrons. The van der Waals surface area contributed by atoms with Crippen molar-refractivity contribution >= 4 is 15.7 Å². The van der Waals surface area contributed by atoms with E-state index < -0.39 is 38.3 Å². The maximum Gasteiger partial charge on any atom is 0.417 e. The third kappa shape index (κ3) is 3.85. The molecule has 2 rings (SSSR count). The van der Waals surface area contributed by atoms with Gasteiger partial charge in [-0.3, -0.25) is 4.79 Å². The molecule has 4 nitrogen and oxygen atoms in total. The van der Waals surface area contributed by atoms with Crippen molar-refractivity contribution in [1.29, 1.82) is 0 Å².